The summed E-state index contributed by atoms with van der Waals surface area (Å²) in [6.45, 7) is -0.160. The molecule has 4 atom stereocenters. The fourth-order valence-electron chi connectivity index (χ4n) is 4.73. The molecule has 0 aromatic heterocycles. The summed E-state index contributed by atoms with van der Waals surface area (Å²) in [6, 6.07) is 3.49. The van der Waals surface area contributed by atoms with Crippen LogP contribution in [0.15, 0.2) is 35.3 Å². The second-order valence-electron chi connectivity index (χ2n) is 11.1. The van der Waals surface area contributed by atoms with Crippen LogP contribution in [0.4, 0.5) is 0 Å². The summed E-state index contributed by atoms with van der Waals surface area (Å²) in [5, 5.41) is 24.7. The van der Waals surface area contributed by atoms with Crippen LogP contribution in [0.1, 0.15) is 50.5 Å². The Labute approximate surface area is 283 Å². The third-order valence-electron chi connectivity index (χ3n) is 7.16. The highest BCUT2D eigenvalue weighted by molar-refractivity contribution is 7.80. The van der Waals surface area contributed by atoms with Crippen molar-refractivity contribution in [3.8, 4) is 0 Å². The number of carbonyl (C=O) groups excluding carboxylic acids is 6. The van der Waals surface area contributed by atoms with Crippen molar-refractivity contribution < 1.29 is 38.7 Å². The lowest BCUT2D eigenvalue weighted by Gasteiger charge is -2.26. The predicted octanol–water partition coefficient (Wildman–Crippen LogP) is -2.57. The molecular formula is C30H45N9O8S. The highest BCUT2D eigenvalue weighted by atomic mass is 32.1. The number of hydrogen-bond acceptors (Lipinski definition) is 9. The number of benzene rings is 1. The molecule has 6 amide bonds. The number of nitrogens with one attached hydrogen (secondary N) is 6. The molecule has 1 aliphatic heterocycles. The first-order valence-corrected chi connectivity index (χ1v) is 16.2. The van der Waals surface area contributed by atoms with E-state index < -0.39 is 72.6 Å². The van der Waals surface area contributed by atoms with Gasteiger partial charge in [-0.3, -0.25) is 38.6 Å². The number of nitrogens with zero attached hydrogens (tertiary/aromatic N) is 1. The summed E-state index contributed by atoms with van der Waals surface area (Å²) >= 11 is 4.03. The van der Waals surface area contributed by atoms with Gasteiger partial charge in [0.2, 0.25) is 35.4 Å². The molecule has 1 aromatic rings. The zero-order chi connectivity index (χ0) is 35.5. The van der Waals surface area contributed by atoms with Crippen LogP contribution in [0.3, 0.4) is 0 Å². The molecule has 1 heterocycles. The average molecular weight is 692 g/mol. The van der Waals surface area contributed by atoms with Gasteiger partial charge >= 0.3 is 5.97 Å². The summed E-state index contributed by atoms with van der Waals surface area (Å²) in [4.78, 5) is 93.7. The Balaban J connectivity index is 2.41. The van der Waals surface area contributed by atoms with Crippen LogP contribution in [0.25, 0.3) is 0 Å². The van der Waals surface area contributed by atoms with Gasteiger partial charge in [-0.1, -0.05) is 30.3 Å². The Bertz CT molecular complexity index is 1310. The van der Waals surface area contributed by atoms with Crippen molar-refractivity contribution in [3.05, 3.63) is 35.9 Å². The van der Waals surface area contributed by atoms with Gasteiger partial charge in [0.1, 0.15) is 24.2 Å². The molecule has 0 saturated carbocycles. The van der Waals surface area contributed by atoms with E-state index in [-0.39, 0.29) is 50.5 Å². The van der Waals surface area contributed by atoms with Gasteiger partial charge < -0.3 is 48.5 Å². The van der Waals surface area contributed by atoms with Crippen molar-refractivity contribution >= 4 is 60.0 Å². The van der Waals surface area contributed by atoms with Crippen molar-refractivity contribution in [3.63, 3.8) is 0 Å². The van der Waals surface area contributed by atoms with Crippen LogP contribution in [0.2, 0.25) is 0 Å². The maximum Gasteiger partial charge on any atom is 0.305 e. The normalized spacial score (nSPS) is 20.8. The highest BCUT2D eigenvalue weighted by Crippen LogP contribution is 2.09. The third-order valence-corrected chi connectivity index (χ3v) is 7.38. The standard InChI is InChI=1S/C30H45N9O8S/c31-30(32)34-13-6-10-19-26(44)35-17-24(41)36-22(16-25(42)43)29(47)39-21(15-18-7-2-1-3-8-18)28(46)38-20(27(45)37-19)9-4-5-12-33-23(40)11-14-48/h1-3,7-8,19-22,48H,4-6,9-17H2,(H,33,40)(H,35,44)(H,36,41)(H,37,45)(H,38,46)(H,39,47)(H,42,43)(H4,31,32,34)/t19-,20+,21+,22-/m0/s1. The minimum atomic E-state index is -1.58. The summed E-state index contributed by atoms with van der Waals surface area (Å²) in [5.74, 6) is -5.33. The van der Waals surface area contributed by atoms with Gasteiger partial charge in [-0.05, 0) is 43.4 Å². The topological polar surface area (TPSA) is 276 Å². The number of thiol groups is 1. The number of carboxylic acids is 1. The predicted molar refractivity (Wildman–Crippen MR) is 178 cm³/mol. The van der Waals surface area contributed by atoms with E-state index in [9.17, 15) is 38.7 Å². The summed E-state index contributed by atoms with van der Waals surface area (Å²) in [6.07, 6.45) is 0.716. The molecular weight excluding hydrogens is 646 g/mol. The second kappa shape index (κ2) is 21.1. The molecule has 0 spiro atoms. The molecule has 48 heavy (non-hydrogen) atoms. The highest BCUT2D eigenvalue weighted by Gasteiger charge is 2.33. The van der Waals surface area contributed by atoms with Crippen LogP contribution < -0.4 is 43.4 Å². The molecule has 0 unspecified atom stereocenters. The van der Waals surface area contributed by atoms with Gasteiger partial charge in [-0.25, -0.2) is 0 Å². The fourth-order valence-corrected chi connectivity index (χ4v) is 4.93. The number of aliphatic imine (C=N–C) groups is 1. The molecule has 18 heteroatoms. The molecule has 1 aliphatic rings. The van der Waals surface area contributed by atoms with Crippen LogP contribution in [-0.4, -0.2) is 102 Å². The molecule has 17 nitrogen and oxygen atoms in total. The second-order valence-corrected chi connectivity index (χ2v) is 11.5. The Hall–Kier alpha value is -4.87. The maximum absolute atomic E-state index is 13.7. The van der Waals surface area contributed by atoms with Crippen LogP contribution in [-0.2, 0) is 40.0 Å². The number of aliphatic carboxylic acids is 1. The van der Waals surface area contributed by atoms with Gasteiger partial charge in [0, 0.05) is 25.9 Å². The van der Waals surface area contributed by atoms with Crippen molar-refractivity contribution in [2.75, 3.05) is 25.4 Å². The van der Waals surface area contributed by atoms with Gasteiger partial charge in [-0.2, -0.15) is 12.6 Å². The summed E-state index contributed by atoms with van der Waals surface area (Å²) < 4.78 is 0. The Morgan fingerprint density at radius 3 is 2.08 bits per heavy atom. The smallest absolute Gasteiger partial charge is 0.305 e. The van der Waals surface area contributed by atoms with Crippen molar-refractivity contribution in [1.82, 2.24) is 31.9 Å². The van der Waals surface area contributed by atoms with Gasteiger partial charge in [-0.15, -0.1) is 0 Å². The number of guanidine groups is 1. The molecule has 1 fully saturated rings. The van der Waals surface area contributed by atoms with E-state index in [1.165, 1.54) is 0 Å². The number of rotatable bonds is 15. The van der Waals surface area contributed by atoms with Crippen molar-refractivity contribution in [2.45, 2.75) is 75.5 Å². The third kappa shape index (κ3) is 15.1. The number of carboxylic acid groups (broad SMARTS) is 1. The lowest BCUT2D eigenvalue weighted by Crippen LogP contribution is -2.58. The zero-order valence-electron chi connectivity index (χ0n) is 26.5. The monoisotopic (exact) mass is 691 g/mol. The van der Waals surface area contributed by atoms with Crippen molar-refractivity contribution in [1.29, 1.82) is 0 Å². The molecule has 1 aromatic carbocycles. The maximum atomic E-state index is 13.7. The van der Waals surface area contributed by atoms with E-state index in [1.54, 1.807) is 30.3 Å². The number of amides is 6. The molecule has 264 valence electrons. The van der Waals surface area contributed by atoms with Gasteiger partial charge in [0.25, 0.3) is 0 Å². The number of unbranched alkanes of at least 4 members (excludes halogenated alkanes) is 1. The average Bonchev–Trinajstić information content (AvgIpc) is 3.03. The van der Waals surface area contributed by atoms with E-state index in [0.717, 1.165) is 0 Å². The first-order chi connectivity index (χ1) is 22.9. The SMILES string of the molecule is NC(N)=NCCC[C@@H]1NC(=O)[C@@H](CCCCNC(=O)CCS)NC(=O)[C@@H](Cc2ccccc2)NC(=O)[C@H](CC(=O)O)NC(=O)CNC1=O. The molecule has 0 aliphatic carbocycles. The number of carbonyl (C=O) groups is 7. The van der Waals surface area contributed by atoms with E-state index >= 15 is 0 Å². The van der Waals surface area contributed by atoms with Gasteiger partial charge in [0.15, 0.2) is 5.96 Å². The summed E-state index contributed by atoms with van der Waals surface area (Å²) in [7, 11) is 0. The van der Waals surface area contributed by atoms with E-state index in [0.29, 0.717) is 30.7 Å². The quantitative estimate of drug-likeness (QED) is 0.0397. The minimum Gasteiger partial charge on any atom is -0.481 e. The molecule has 11 N–H and O–H groups in total. The molecule has 0 radical (unpaired) electrons. The molecule has 2 rings (SSSR count). The molecule has 0 bridgehead atoms. The number of hydrogen-bond donors (Lipinski definition) is 10. The Morgan fingerprint density at radius 2 is 1.44 bits per heavy atom. The summed E-state index contributed by atoms with van der Waals surface area (Å²) in [5.41, 5.74) is 11.4. The first-order valence-electron chi connectivity index (χ1n) is 15.6. The fraction of sp³-hybridized carbons (Fsp3) is 0.533. The lowest BCUT2D eigenvalue weighted by atomic mass is 10.0. The first kappa shape index (κ1) is 39.3. The van der Waals surface area contributed by atoms with Gasteiger partial charge in [0.05, 0.1) is 13.0 Å². The minimum absolute atomic E-state index is 0.0227. The Morgan fingerprint density at radius 1 is 0.833 bits per heavy atom. The van der Waals surface area contributed by atoms with E-state index in [1.807, 2.05) is 0 Å². The van der Waals surface area contributed by atoms with E-state index in [2.05, 4.69) is 49.5 Å². The van der Waals surface area contributed by atoms with E-state index in [4.69, 9.17) is 11.5 Å². The Kier molecular flexibility index (Phi) is 17.3. The molecule has 1 saturated heterocycles. The zero-order valence-corrected chi connectivity index (χ0v) is 27.4. The van der Waals surface area contributed by atoms with Crippen molar-refractivity contribution in [2.24, 2.45) is 16.5 Å². The van der Waals surface area contributed by atoms with Crippen LogP contribution in [0.5, 0.6) is 0 Å². The largest absolute Gasteiger partial charge is 0.481 e. The lowest BCUT2D eigenvalue weighted by molar-refractivity contribution is -0.141. The van der Waals surface area contributed by atoms with Crippen LogP contribution >= 0.6 is 12.6 Å². The number of nitrogens with two attached hydrogens (primary N) is 2. The van der Waals surface area contributed by atoms with Crippen LogP contribution in [0, 0.1) is 0 Å².